The Hall–Kier alpha value is -3.46. The van der Waals surface area contributed by atoms with Gasteiger partial charge in [0.2, 0.25) is 5.91 Å². The van der Waals surface area contributed by atoms with Crippen molar-refractivity contribution in [2.24, 2.45) is 11.7 Å². The highest BCUT2D eigenvalue weighted by molar-refractivity contribution is 6.00. The number of likely N-dealkylation sites (tertiary alicyclic amines) is 1. The van der Waals surface area contributed by atoms with Gasteiger partial charge in [-0.25, -0.2) is 4.39 Å². The minimum Gasteiger partial charge on any atom is -0.497 e. The Morgan fingerprint density at radius 1 is 1.17 bits per heavy atom. The van der Waals surface area contributed by atoms with Gasteiger partial charge in [0, 0.05) is 43.4 Å². The van der Waals surface area contributed by atoms with Gasteiger partial charge in [0.1, 0.15) is 11.6 Å². The van der Waals surface area contributed by atoms with Crippen LogP contribution in [0.15, 0.2) is 30.5 Å². The third-order valence-electron chi connectivity index (χ3n) is 6.80. The highest BCUT2D eigenvalue weighted by Crippen LogP contribution is 2.30. The van der Waals surface area contributed by atoms with Gasteiger partial charge in [-0.2, -0.15) is 5.10 Å². The maximum atomic E-state index is 14.4. The molecular formula is C26H31FN4O4. The van der Waals surface area contributed by atoms with Crippen LogP contribution in [0.4, 0.5) is 4.39 Å². The van der Waals surface area contributed by atoms with E-state index in [1.165, 1.54) is 19.2 Å². The van der Waals surface area contributed by atoms with Gasteiger partial charge in [-0.3, -0.25) is 14.3 Å². The van der Waals surface area contributed by atoms with Crippen molar-refractivity contribution >= 4 is 22.7 Å². The monoisotopic (exact) mass is 482 g/mol. The Kier molecular flexibility index (Phi) is 7.35. The zero-order valence-corrected chi connectivity index (χ0v) is 20.3. The van der Waals surface area contributed by atoms with Gasteiger partial charge in [-0.1, -0.05) is 0 Å². The second-order valence-electron chi connectivity index (χ2n) is 9.01. The summed E-state index contributed by atoms with van der Waals surface area (Å²) in [7, 11) is 3.10. The Morgan fingerprint density at radius 3 is 2.54 bits per heavy atom. The first-order chi connectivity index (χ1) is 16.8. The second kappa shape index (κ2) is 10.4. The fourth-order valence-corrected chi connectivity index (χ4v) is 4.76. The number of ether oxygens (including phenoxy) is 2. The number of halogens is 1. The molecule has 0 unspecified atom stereocenters. The predicted molar refractivity (Wildman–Crippen MR) is 130 cm³/mol. The molecule has 0 aliphatic carbocycles. The molecule has 0 radical (unpaired) electrons. The number of hydrogen-bond donors (Lipinski definition) is 1. The Balaban J connectivity index is 1.50. The first-order valence-electron chi connectivity index (χ1n) is 11.7. The van der Waals surface area contributed by atoms with E-state index in [2.05, 4.69) is 0 Å². The van der Waals surface area contributed by atoms with Crippen LogP contribution in [0, 0.1) is 18.7 Å². The van der Waals surface area contributed by atoms with Crippen molar-refractivity contribution in [3.63, 3.8) is 0 Å². The molecule has 1 aromatic heterocycles. The molecule has 2 heterocycles. The maximum Gasteiger partial charge on any atom is 0.256 e. The van der Waals surface area contributed by atoms with Crippen LogP contribution in [-0.2, 0) is 17.7 Å². The number of rotatable bonds is 8. The van der Waals surface area contributed by atoms with Crippen molar-refractivity contribution < 1.29 is 23.5 Å². The third-order valence-corrected chi connectivity index (χ3v) is 6.80. The van der Waals surface area contributed by atoms with Gasteiger partial charge >= 0.3 is 0 Å². The molecule has 2 aromatic carbocycles. The Morgan fingerprint density at radius 2 is 1.91 bits per heavy atom. The molecule has 3 aromatic rings. The molecule has 2 N–H and O–H groups in total. The van der Waals surface area contributed by atoms with Crippen molar-refractivity contribution in [2.75, 3.05) is 33.9 Å². The van der Waals surface area contributed by atoms with Crippen molar-refractivity contribution in [3.8, 4) is 5.75 Å². The number of carbonyl (C=O) groups is 2. The average molecular weight is 483 g/mol. The van der Waals surface area contributed by atoms with Gasteiger partial charge in [-0.15, -0.1) is 0 Å². The number of methoxy groups -OCH3 is 2. The zero-order chi connectivity index (χ0) is 25.1. The van der Waals surface area contributed by atoms with Crippen molar-refractivity contribution in [1.82, 2.24) is 14.7 Å². The number of carbonyl (C=O) groups excluding carboxylic acids is 2. The largest absolute Gasteiger partial charge is 0.497 e. The number of nitrogens with two attached hydrogens (primary N) is 1. The van der Waals surface area contributed by atoms with E-state index in [9.17, 15) is 14.0 Å². The summed E-state index contributed by atoms with van der Waals surface area (Å²) in [5.41, 5.74) is 8.88. The number of aryl methyl sites for hydroxylation is 1. The van der Waals surface area contributed by atoms with Crippen LogP contribution in [0.25, 0.3) is 10.9 Å². The van der Waals surface area contributed by atoms with Gasteiger partial charge in [-0.05, 0) is 61.4 Å². The van der Waals surface area contributed by atoms with E-state index >= 15 is 0 Å². The molecule has 35 heavy (non-hydrogen) atoms. The summed E-state index contributed by atoms with van der Waals surface area (Å²) in [6.45, 7) is 4.10. The van der Waals surface area contributed by atoms with Crippen LogP contribution in [0.5, 0.6) is 5.75 Å². The fraction of sp³-hybridized carbons (Fsp3) is 0.423. The summed E-state index contributed by atoms with van der Waals surface area (Å²) < 4.78 is 26.4. The molecule has 0 spiro atoms. The molecule has 4 rings (SSSR count). The summed E-state index contributed by atoms with van der Waals surface area (Å²) in [5.74, 6) is -0.675. The smallest absolute Gasteiger partial charge is 0.256 e. The van der Waals surface area contributed by atoms with Gasteiger partial charge in [0.15, 0.2) is 0 Å². The first-order valence-corrected chi connectivity index (χ1v) is 11.7. The van der Waals surface area contributed by atoms with Crippen LogP contribution in [0.2, 0.25) is 0 Å². The summed E-state index contributed by atoms with van der Waals surface area (Å²) in [6, 6.07) is 6.15. The minimum absolute atomic E-state index is 0.0530. The number of aromatic nitrogens is 2. The lowest BCUT2D eigenvalue weighted by Crippen LogP contribution is -2.39. The molecule has 186 valence electrons. The number of amides is 2. The van der Waals surface area contributed by atoms with E-state index in [1.807, 2.05) is 23.9 Å². The molecule has 1 fully saturated rings. The summed E-state index contributed by atoms with van der Waals surface area (Å²) in [4.78, 5) is 26.7. The van der Waals surface area contributed by atoms with Crippen LogP contribution in [0.3, 0.4) is 0 Å². The first kappa shape index (κ1) is 24.7. The molecule has 8 nitrogen and oxygen atoms in total. The molecule has 1 aliphatic rings. The van der Waals surface area contributed by atoms with Crippen molar-refractivity contribution in [1.29, 1.82) is 0 Å². The number of benzene rings is 2. The SMILES string of the molecule is COCCn1cc2c(C)c(C(N)=O)cc(CC3CCN(C(=O)c4ccc(OC)cc4F)CC3)c2n1. The van der Waals surface area contributed by atoms with E-state index in [0.29, 0.717) is 43.5 Å². The number of hydrogen-bond acceptors (Lipinski definition) is 5. The topological polar surface area (TPSA) is 99.7 Å². The average Bonchev–Trinajstić information content (AvgIpc) is 3.29. The van der Waals surface area contributed by atoms with Gasteiger partial charge in [0.25, 0.3) is 5.91 Å². The minimum atomic E-state index is -0.582. The molecule has 1 aliphatic heterocycles. The lowest BCUT2D eigenvalue weighted by molar-refractivity contribution is 0.0685. The molecular weight excluding hydrogens is 451 g/mol. The van der Waals surface area contributed by atoms with Crippen molar-refractivity contribution in [3.05, 3.63) is 58.5 Å². The van der Waals surface area contributed by atoms with Crippen LogP contribution < -0.4 is 10.5 Å². The van der Waals surface area contributed by atoms with E-state index in [4.69, 9.17) is 20.3 Å². The number of piperidine rings is 1. The molecule has 0 atom stereocenters. The summed E-state index contributed by atoms with van der Waals surface area (Å²) in [6.07, 6.45) is 4.20. The lowest BCUT2D eigenvalue weighted by atomic mass is 9.87. The standard InChI is InChI=1S/C26H31FN4O4/c1-16-21(25(28)32)13-18(24-22(16)15-31(29-24)10-11-34-2)12-17-6-8-30(9-7-17)26(33)20-5-4-19(35-3)14-23(20)27/h4-5,13-15,17H,6-12H2,1-3H3,(H2,28,32). The molecule has 1 saturated heterocycles. The molecule has 9 heteroatoms. The fourth-order valence-electron chi connectivity index (χ4n) is 4.76. The predicted octanol–water partition coefficient (Wildman–Crippen LogP) is 3.33. The lowest BCUT2D eigenvalue weighted by Gasteiger charge is -2.32. The van der Waals surface area contributed by atoms with Gasteiger partial charge < -0.3 is 20.1 Å². The quantitative estimate of drug-likeness (QED) is 0.531. The summed E-state index contributed by atoms with van der Waals surface area (Å²) >= 11 is 0. The highest BCUT2D eigenvalue weighted by Gasteiger charge is 2.27. The van der Waals surface area contributed by atoms with E-state index in [0.717, 1.165) is 41.3 Å². The normalized spacial score (nSPS) is 14.5. The van der Waals surface area contributed by atoms with E-state index < -0.39 is 11.7 Å². The van der Waals surface area contributed by atoms with Gasteiger partial charge in [0.05, 0.1) is 31.3 Å². The highest BCUT2D eigenvalue weighted by atomic mass is 19.1. The molecule has 2 amide bonds. The zero-order valence-electron chi connectivity index (χ0n) is 20.3. The van der Waals surface area contributed by atoms with Crippen LogP contribution in [-0.4, -0.2) is 60.4 Å². The van der Waals surface area contributed by atoms with Crippen molar-refractivity contribution in [2.45, 2.75) is 32.7 Å². The maximum absolute atomic E-state index is 14.4. The second-order valence-corrected chi connectivity index (χ2v) is 9.01. The number of primary amides is 1. The van der Waals surface area contributed by atoms with Crippen LogP contribution >= 0.6 is 0 Å². The third kappa shape index (κ3) is 5.14. The number of nitrogens with zero attached hydrogens (tertiary/aromatic N) is 3. The Bertz CT molecular complexity index is 1250. The molecule has 0 bridgehead atoms. The van der Waals surface area contributed by atoms with E-state index in [-0.39, 0.29) is 11.5 Å². The summed E-state index contributed by atoms with van der Waals surface area (Å²) in [5, 5.41) is 5.66. The number of fused-ring (bicyclic) bond motifs is 1. The van der Waals surface area contributed by atoms with Crippen LogP contribution in [0.1, 0.15) is 44.7 Å². The molecule has 0 saturated carbocycles. The Labute approximate surface area is 203 Å². The van der Waals surface area contributed by atoms with E-state index in [1.54, 1.807) is 18.1 Å².